The molecule has 7 nitrogen and oxygen atoms in total. The molecule has 2 aromatic carbocycles. The number of nitrogens with one attached hydrogen (secondary N) is 2. The van der Waals surface area contributed by atoms with E-state index in [0.717, 1.165) is 5.56 Å². The number of nitrogens with zero attached hydrogens (tertiary/aromatic N) is 1. The van der Waals surface area contributed by atoms with Crippen LogP contribution in [-0.4, -0.2) is 36.0 Å². The fourth-order valence-electron chi connectivity index (χ4n) is 2.98. The van der Waals surface area contributed by atoms with Crippen molar-refractivity contribution in [2.75, 3.05) is 6.54 Å². The van der Waals surface area contributed by atoms with E-state index in [4.69, 9.17) is 23.8 Å². The van der Waals surface area contributed by atoms with Gasteiger partial charge in [0, 0.05) is 18.0 Å². The Labute approximate surface area is 207 Å². The number of carbonyl (C=O) groups excluding carboxylic acids is 2. The van der Waals surface area contributed by atoms with Crippen LogP contribution in [0.25, 0.3) is 6.08 Å². The molecule has 1 aliphatic heterocycles. The van der Waals surface area contributed by atoms with Crippen LogP contribution in [0.2, 0.25) is 5.02 Å². The van der Waals surface area contributed by atoms with Gasteiger partial charge in [-0.05, 0) is 48.7 Å². The number of sulfonamides is 1. The van der Waals surface area contributed by atoms with Gasteiger partial charge in [0.1, 0.15) is 4.32 Å². The van der Waals surface area contributed by atoms with Crippen molar-refractivity contribution < 1.29 is 18.0 Å². The van der Waals surface area contributed by atoms with Crippen LogP contribution in [0, 0.1) is 0 Å². The Balaban J connectivity index is 1.38. The lowest BCUT2D eigenvalue weighted by atomic mass is 10.2. The lowest BCUT2D eigenvalue weighted by Gasteiger charge is -2.14. The van der Waals surface area contributed by atoms with Crippen LogP contribution in [0.3, 0.4) is 0 Å². The van der Waals surface area contributed by atoms with Crippen molar-refractivity contribution in [3.8, 4) is 0 Å². The first-order valence-corrected chi connectivity index (χ1v) is 13.2. The summed E-state index contributed by atoms with van der Waals surface area (Å²) in [5, 5.41) is 0.627. The van der Waals surface area contributed by atoms with E-state index in [1.807, 2.05) is 12.1 Å². The largest absolute Gasteiger partial charge is 0.293 e. The van der Waals surface area contributed by atoms with Crippen LogP contribution in [-0.2, 0) is 19.6 Å². The molecule has 3 rings (SSSR count). The lowest BCUT2D eigenvalue weighted by Crippen LogP contribution is -2.41. The van der Waals surface area contributed by atoms with E-state index in [-0.39, 0.29) is 17.2 Å². The molecule has 174 valence electrons. The number of hydrogen-bond acceptors (Lipinski definition) is 6. The van der Waals surface area contributed by atoms with Crippen molar-refractivity contribution in [1.82, 2.24) is 15.2 Å². The standard InChI is InChI=1S/C22H22ClN3O4S3/c23-17-12-10-16(11-13-17)15-19-21(28)26(22(31)32-19)14-6-2-5-9-20(27)24-25-33(29,30)18-7-3-1-4-8-18/h1,3-4,7-8,10-13,15,25H,2,5-6,9,14H2,(H,24,27)/b19-15-. The fraction of sp³-hybridized carbons (Fsp3) is 0.227. The molecule has 1 heterocycles. The zero-order chi connectivity index (χ0) is 23.8. The molecule has 11 heteroatoms. The van der Waals surface area contributed by atoms with Gasteiger partial charge in [-0.3, -0.25) is 19.9 Å². The van der Waals surface area contributed by atoms with E-state index in [9.17, 15) is 18.0 Å². The number of hydrogen-bond donors (Lipinski definition) is 2. The van der Waals surface area contributed by atoms with Crippen molar-refractivity contribution in [3.05, 3.63) is 70.1 Å². The summed E-state index contributed by atoms with van der Waals surface area (Å²) in [6, 6.07) is 15.0. The van der Waals surface area contributed by atoms with E-state index in [1.54, 1.807) is 41.3 Å². The topological polar surface area (TPSA) is 95.6 Å². The monoisotopic (exact) mass is 523 g/mol. The molecule has 2 N–H and O–H groups in total. The lowest BCUT2D eigenvalue weighted by molar-refractivity contribution is -0.123. The van der Waals surface area contributed by atoms with E-state index < -0.39 is 15.9 Å². The molecule has 1 saturated heterocycles. The average Bonchev–Trinajstić information content (AvgIpc) is 3.07. The Morgan fingerprint density at radius 3 is 2.45 bits per heavy atom. The highest BCUT2D eigenvalue weighted by Crippen LogP contribution is 2.32. The smallest absolute Gasteiger partial charge is 0.266 e. The van der Waals surface area contributed by atoms with Crippen LogP contribution in [0.15, 0.2) is 64.4 Å². The van der Waals surface area contributed by atoms with Crippen molar-refractivity contribution in [3.63, 3.8) is 0 Å². The summed E-state index contributed by atoms with van der Waals surface area (Å²) in [6.07, 6.45) is 3.85. The van der Waals surface area contributed by atoms with Gasteiger partial charge in [0.25, 0.3) is 15.9 Å². The second-order valence-corrected chi connectivity index (χ2v) is 11.0. The third-order valence-corrected chi connectivity index (χ3v) is 7.60. The Morgan fingerprint density at radius 2 is 1.76 bits per heavy atom. The first kappa shape index (κ1) is 25.4. The molecule has 0 aliphatic carbocycles. The van der Waals surface area contributed by atoms with Crippen LogP contribution >= 0.6 is 35.6 Å². The molecule has 0 saturated carbocycles. The maximum Gasteiger partial charge on any atom is 0.266 e. The molecule has 2 aromatic rings. The third kappa shape index (κ3) is 7.38. The normalized spacial score (nSPS) is 15.3. The highest BCUT2D eigenvalue weighted by Gasteiger charge is 2.31. The average molecular weight is 524 g/mol. The van der Waals surface area contributed by atoms with Gasteiger partial charge in [0.15, 0.2) is 0 Å². The Morgan fingerprint density at radius 1 is 1.06 bits per heavy atom. The number of halogens is 1. The summed E-state index contributed by atoms with van der Waals surface area (Å²) >= 11 is 12.5. The third-order valence-electron chi connectivity index (χ3n) is 4.71. The van der Waals surface area contributed by atoms with Gasteiger partial charge in [0.2, 0.25) is 5.91 Å². The zero-order valence-electron chi connectivity index (χ0n) is 17.5. The van der Waals surface area contributed by atoms with Crippen molar-refractivity contribution in [1.29, 1.82) is 0 Å². The molecule has 1 fully saturated rings. The van der Waals surface area contributed by atoms with Crippen molar-refractivity contribution in [2.45, 2.75) is 30.6 Å². The molecule has 0 bridgehead atoms. The number of rotatable bonds is 10. The van der Waals surface area contributed by atoms with Gasteiger partial charge in [-0.1, -0.05) is 72.3 Å². The molecular weight excluding hydrogens is 502 g/mol. The summed E-state index contributed by atoms with van der Waals surface area (Å²) < 4.78 is 24.7. The van der Waals surface area contributed by atoms with Gasteiger partial charge < -0.3 is 0 Å². The number of amides is 2. The summed E-state index contributed by atoms with van der Waals surface area (Å²) in [7, 11) is -3.80. The Hall–Kier alpha value is -2.24. The highest BCUT2D eigenvalue weighted by molar-refractivity contribution is 8.26. The minimum Gasteiger partial charge on any atom is -0.293 e. The Bertz CT molecular complexity index is 1150. The molecule has 0 unspecified atom stereocenters. The molecule has 1 aliphatic rings. The quantitative estimate of drug-likeness (QED) is 0.210. The summed E-state index contributed by atoms with van der Waals surface area (Å²) in [6.45, 7) is 0.463. The number of thiocarbonyl (C=S) groups is 1. The van der Waals surface area contributed by atoms with Gasteiger partial charge in [0.05, 0.1) is 9.80 Å². The van der Waals surface area contributed by atoms with Gasteiger partial charge in [-0.25, -0.2) is 8.42 Å². The van der Waals surface area contributed by atoms with Crippen LogP contribution in [0.1, 0.15) is 31.2 Å². The number of benzene rings is 2. The van der Waals surface area contributed by atoms with Crippen molar-refractivity contribution in [2.24, 2.45) is 0 Å². The van der Waals surface area contributed by atoms with Gasteiger partial charge in [-0.2, -0.15) is 0 Å². The number of thioether (sulfide) groups is 1. The first-order valence-electron chi connectivity index (χ1n) is 10.1. The molecule has 33 heavy (non-hydrogen) atoms. The summed E-state index contributed by atoms with van der Waals surface area (Å²) in [5.74, 6) is -0.556. The fourth-order valence-corrected chi connectivity index (χ4v) is 5.30. The van der Waals surface area contributed by atoms with Crippen LogP contribution in [0.5, 0.6) is 0 Å². The van der Waals surface area contributed by atoms with E-state index in [0.29, 0.717) is 40.1 Å². The number of hydrazine groups is 1. The first-order chi connectivity index (χ1) is 15.8. The van der Waals surface area contributed by atoms with Crippen molar-refractivity contribution >= 4 is 67.8 Å². The summed E-state index contributed by atoms with van der Waals surface area (Å²) in [4.78, 5) is 28.9. The molecule has 0 spiro atoms. The molecule has 0 atom stereocenters. The van der Waals surface area contributed by atoms with Crippen LogP contribution in [0.4, 0.5) is 0 Å². The molecule has 2 amide bonds. The van der Waals surface area contributed by atoms with Crippen LogP contribution < -0.4 is 10.3 Å². The minimum absolute atomic E-state index is 0.0684. The minimum atomic E-state index is -3.80. The van der Waals surface area contributed by atoms with E-state index >= 15 is 0 Å². The second kappa shape index (κ2) is 11.8. The number of unbranched alkanes of at least 4 members (excludes halogenated alkanes) is 2. The molecule has 0 radical (unpaired) electrons. The van der Waals surface area contributed by atoms with E-state index in [1.165, 1.54) is 23.9 Å². The number of carbonyl (C=O) groups is 2. The Kier molecular flexibility index (Phi) is 9.04. The highest BCUT2D eigenvalue weighted by atomic mass is 35.5. The second-order valence-electron chi connectivity index (χ2n) is 7.16. The molecule has 0 aromatic heterocycles. The van der Waals surface area contributed by atoms with E-state index in [2.05, 4.69) is 10.3 Å². The maximum absolute atomic E-state index is 12.6. The van der Waals surface area contributed by atoms with Gasteiger partial charge >= 0.3 is 0 Å². The SMILES string of the molecule is O=C(CCCCCN1C(=O)/C(=C/c2ccc(Cl)cc2)SC1=S)NNS(=O)(=O)c1ccccc1. The summed E-state index contributed by atoms with van der Waals surface area (Å²) in [5.41, 5.74) is 3.09. The predicted molar refractivity (Wildman–Crippen MR) is 135 cm³/mol. The predicted octanol–water partition coefficient (Wildman–Crippen LogP) is 4.11. The maximum atomic E-state index is 12.6. The molecular formula is C22H22ClN3O4S3. The zero-order valence-corrected chi connectivity index (χ0v) is 20.7. The van der Waals surface area contributed by atoms with Gasteiger partial charge in [-0.15, -0.1) is 4.83 Å².